The first kappa shape index (κ1) is 14.7. The van der Waals surface area contributed by atoms with Gasteiger partial charge in [0.2, 0.25) is 5.88 Å². The quantitative estimate of drug-likeness (QED) is 0.862. The van der Waals surface area contributed by atoms with E-state index in [1.54, 1.807) is 19.9 Å². The van der Waals surface area contributed by atoms with Crippen LogP contribution in [0.5, 0.6) is 11.6 Å². The Bertz CT molecular complexity index is 702. The molecule has 0 aliphatic heterocycles. The highest BCUT2D eigenvalue weighted by Crippen LogP contribution is 2.22. The smallest absolute Gasteiger partial charge is 0.238 e. The lowest BCUT2D eigenvalue weighted by molar-refractivity contribution is 0.449. The van der Waals surface area contributed by atoms with Crippen molar-refractivity contribution in [1.82, 2.24) is 15.2 Å². The Morgan fingerprint density at radius 3 is 2.50 bits per heavy atom. The number of hydrogen-bond acceptors (Lipinski definition) is 6. The predicted molar refractivity (Wildman–Crippen MR) is 73.7 cm³/mol. The molecule has 2 rings (SSSR count). The Kier molecular flexibility index (Phi) is 4.20. The first-order chi connectivity index (χ1) is 9.39. The van der Waals surface area contributed by atoms with Gasteiger partial charge in [-0.15, -0.1) is 10.2 Å². The number of pyridine rings is 1. The number of halogens is 1. The molecule has 106 valence electrons. The zero-order valence-electron chi connectivity index (χ0n) is 10.8. The average molecular weight is 314 g/mol. The van der Waals surface area contributed by atoms with Crippen molar-refractivity contribution in [3.8, 4) is 11.6 Å². The third kappa shape index (κ3) is 3.23. The summed E-state index contributed by atoms with van der Waals surface area (Å²) in [6.07, 6.45) is 2.94. The van der Waals surface area contributed by atoms with Crippen LogP contribution >= 0.6 is 11.6 Å². The molecule has 0 radical (unpaired) electrons. The van der Waals surface area contributed by atoms with Crippen LogP contribution in [0.4, 0.5) is 0 Å². The van der Waals surface area contributed by atoms with Gasteiger partial charge in [0.25, 0.3) is 0 Å². The average Bonchev–Trinajstić information content (AvgIpc) is 2.39. The van der Waals surface area contributed by atoms with Crippen LogP contribution in [-0.2, 0) is 9.84 Å². The van der Waals surface area contributed by atoms with Gasteiger partial charge in [-0.2, -0.15) is 0 Å². The standard InChI is InChI=1S/C12H12ClN3O3S/c1-8(2)20(17,18)12-4-3-11(15-16-12)19-10-5-9(13)6-14-7-10/h3-8H,1-2H3. The van der Waals surface area contributed by atoms with Crippen molar-refractivity contribution < 1.29 is 13.2 Å². The third-order valence-corrected chi connectivity index (χ3v) is 4.68. The zero-order chi connectivity index (χ0) is 14.8. The van der Waals surface area contributed by atoms with Gasteiger partial charge in [0.1, 0.15) is 5.75 Å². The molecule has 2 aromatic rings. The van der Waals surface area contributed by atoms with Gasteiger partial charge < -0.3 is 4.74 Å². The minimum atomic E-state index is -3.44. The summed E-state index contributed by atoms with van der Waals surface area (Å²) in [5.41, 5.74) is 0. The van der Waals surface area contributed by atoms with E-state index >= 15 is 0 Å². The molecule has 6 nitrogen and oxygen atoms in total. The third-order valence-electron chi connectivity index (χ3n) is 2.43. The van der Waals surface area contributed by atoms with Crippen LogP contribution in [0.2, 0.25) is 5.02 Å². The summed E-state index contributed by atoms with van der Waals surface area (Å²) in [4.78, 5) is 3.86. The summed E-state index contributed by atoms with van der Waals surface area (Å²) in [6, 6.07) is 4.35. The maximum atomic E-state index is 11.9. The minimum Gasteiger partial charge on any atom is -0.436 e. The normalized spacial score (nSPS) is 11.6. The van der Waals surface area contributed by atoms with E-state index in [0.29, 0.717) is 10.8 Å². The number of nitrogens with zero attached hydrogens (tertiary/aromatic N) is 3. The lowest BCUT2D eigenvalue weighted by atomic mass is 10.4. The molecule has 0 aromatic carbocycles. The van der Waals surface area contributed by atoms with E-state index in [1.807, 2.05) is 0 Å². The Morgan fingerprint density at radius 1 is 1.20 bits per heavy atom. The van der Waals surface area contributed by atoms with Gasteiger partial charge in [-0.3, -0.25) is 4.98 Å². The monoisotopic (exact) mass is 313 g/mol. The molecule has 0 unspecified atom stereocenters. The number of hydrogen-bond donors (Lipinski definition) is 0. The molecule has 0 spiro atoms. The summed E-state index contributed by atoms with van der Waals surface area (Å²) in [6.45, 7) is 3.16. The molecule has 0 saturated carbocycles. The Morgan fingerprint density at radius 2 is 1.95 bits per heavy atom. The molecule has 0 saturated heterocycles. The van der Waals surface area contributed by atoms with Gasteiger partial charge in [-0.1, -0.05) is 11.6 Å². The fourth-order valence-electron chi connectivity index (χ4n) is 1.32. The van der Waals surface area contributed by atoms with E-state index < -0.39 is 15.1 Å². The van der Waals surface area contributed by atoms with Crippen molar-refractivity contribution in [2.45, 2.75) is 24.1 Å². The topological polar surface area (TPSA) is 82.0 Å². The number of ether oxygens (including phenoxy) is 1. The van der Waals surface area contributed by atoms with E-state index in [9.17, 15) is 8.42 Å². The van der Waals surface area contributed by atoms with Crippen molar-refractivity contribution in [3.63, 3.8) is 0 Å². The molecule has 0 aliphatic carbocycles. The SMILES string of the molecule is CC(C)S(=O)(=O)c1ccc(Oc2cncc(Cl)c2)nn1. The molecular weight excluding hydrogens is 302 g/mol. The Hall–Kier alpha value is -1.73. The molecule has 0 amide bonds. The summed E-state index contributed by atoms with van der Waals surface area (Å²) in [5, 5.41) is 7.19. The van der Waals surface area contributed by atoms with Gasteiger partial charge in [0, 0.05) is 18.3 Å². The highest BCUT2D eigenvalue weighted by atomic mass is 35.5. The first-order valence-corrected chi connectivity index (χ1v) is 7.68. The fraction of sp³-hybridized carbons (Fsp3) is 0.250. The maximum absolute atomic E-state index is 11.9. The molecule has 20 heavy (non-hydrogen) atoms. The number of aromatic nitrogens is 3. The molecule has 2 heterocycles. The highest BCUT2D eigenvalue weighted by molar-refractivity contribution is 7.91. The molecule has 0 aliphatic rings. The molecule has 0 N–H and O–H groups in total. The molecular formula is C12H12ClN3O3S. The van der Waals surface area contributed by atoms with Gasteiger partial charge in [-0.25, -0.2) is 8.42 Å². The van der Waals surface area contributed by atoms with Gasteiger partial charge in [0.05, 0.1) is 16.5 Å². The van der Waals surface area contributed by atoms with Crippen LogP contribution in [0.1, 0.15) is 13.8 Å². The molecule has 0 fully saturated rings. The summed E-state index contributed by atoms with van der Waals surface area (Å²) in [5.74, 6) is 0.558. The van der Waals surface area contributed by atoms with Crippen molar-refractivity contribution >= 4 is 21.4 Å². The van der Waals surface area contributed by atoms with Crippen LogP contribution in [-0.4, -0.2) is 28.8 Å². The van der Waals surface area contributed by atoms with E-state index in [4.69, 9.17) is 16.3 Å². The fourth-order valence-corrected chi connectivity index (χ4v) is 2.38. The van der Waals surface area contributed by atoms with Crippen molar-refractivity contribution in [1.29, 1.82) is 0 Å². The Labute approximate surface area is 121 Å². The number of rotatable bonds is 4. The van der Waals surface area contributed by atoms with E-state index in [2.05, 4.69) is 15.2 Å². The molecule has 8 heteroatoms. The van der Waals surface area contributed by atoms with E-state index in [0.717, 1.165) is 0 Å². The van der Waals surface area contributed by atoms with Crippen LogP contribution in [0.25, 0.3) is 0 Å². The second-order valence-electron chi connectivity index (χ2n) is 4.24. The van der Waals surface area contributed by atoms with Gasteiger partial charge >= 0.3 is 0 Å². The Balaban J connectivity index is 2.21. The predicted octanol–water partition coefficient (Wildman–Crippen LogP) is 2.50. The minimum absolute atomic E-state index is 0.0796. The van der Waals surface area contributed by atoms with Crippen LogP contribution in [0, 0.1) is 0 Å². The second kappa shape index (κ2) is 5.72. The summed E-state index contributed by atoms with van der Waals surface area (Å²) in [7, 11) is -3.44. The maximum Gasteiger partial charge on any atom is 0.238 e. The molecule has 0 bridgehead atoms. The van der Waals surface area contributed by atoms with Crippen molar-refractivity contribution in [2.75, 3.05) is 0 Å². The lowest BCUT2D eigenvalue weighted by Gasteiger charge is -2.07. The van der Waals surface area contributed by atoms with E-state index in [-0.39, 0.29) is 10.9 Å². The van der Waals surface area contributed by atoms with E-state index in [1.165, 1.54) is 24.5 Å². The lowest BCUT2D eigenvalue weighted by Crippen LogP contribution is -2.15. The van der Waals surface area contributed by atoms with Gasteiger partial charge in [0.15, 0.2) is 14.9 Å². The van der Waals surface area contributed by atoms with Gasteiger partial charge in [-0.05, 0) is 19.9 Å². The molecule has 2 aromatic heterocycles. The molecule has 0 atom stereocenters. The second-order valence-corrected chi connectivity index (χ2v) is 7.13. The number of sulfone groups is 1. The summed E-state index contributed by atoms with van der Waals surface area (Å²) >= 11 is 5.77. The first-order valence-electron chi connectivity index (χ1n) is 5.75. The van der Waals surface area contributed by atoms with Crippen LogP contribution in [0.15, 0.2) is 35.6 Å². The largest absolute Gasteiger partial charge is 0.436 e. The zero-order valence-corrected chi connectivity index (χ0v) is 12.4. The van der Waals surface area contributed by atoms with Crippen LogP contribution < -0.4 is 4.74 Å². The van der Waals surface area contributed by atoms with Crippen LogP contribution in [0.3, 0.4) is 0 Å². The van der Waals surface area contributed by atoms with Crippen molar-refractivity contribution in [2.24, 2.45) is 0 Å². The van der Waals surface area contributed by atoms with Crippen molar-refractivity contribution in [3.05, 3.63) is 35.6 Å². The highest BCUT2D eigenvalue weighted by Gasteiger charge is 2.21. The summed E-state index contributed by atoms with van der Waals surface area (Å²) < 4.78 is 29.1.